The first-order valence-electron chi connectivity index (χ1n) is 5.14. The van der Waals surface area contributed by atoms with Crippen LogP contribution in [0.5, 0.6) is 0 Å². The van der Waals surface area contributed by atoms with Gasteiger partial charge in [0.1, 0.15) is 0 Å². The maximum absolute atomic E-state index is 11.2. The van der Waals surface area contributed by atoms with E-state index in [1.807, 2.05) is 19.1 Å². The molecule has 0 saturated heterocycles. The molecule has 0 aliphatic carbocycles. The van der Waals surface area contributed by atoms with Gasteiger partial charge in [-0.15, -0.1) is 0 Å². The van der Waals surface area contributed by atoms with Crippen molar-refractivity contribution in [1.82, 2.24) is 0 Å². The van der Waals surface area contributed by atoms with Crippen molar-refractivity contribution in [2.45, 2.75) is 12.7 Å². The molecule has 0 fully saturated rings. The van der Waals surface area contributed by atoms with Crippen LogP contribution in [-0.2, 0) is 15.3 Å². The molecule has 94 valence electrons. The summed E-state index contributed by atoms with van der Waals surface area (Å²) in [6.45, 7) is 1.85. The number of esters is 1. The number of hydrogen-bond donors (Lipinski definition) is 0. The van der Waals surface area contributed by atoms with Crippen LogP contribution < -0.4 is 0 Å². The van der Waals surface area contributed by atoms with Crippen LogP contribution in [0.15, 0.2) is 18.2 Å². The van der Waals surface area contributed by atoms with Gasteiger partial charge < -0.3 is 4.74 Å². The molecule has 0 radical (unpaired) electrons. The Morgan fingerprint density at radius 3 is 2.71 bits per heavy atom. The number of carbonyl (C=O) groups excluding carboxylic acids is 1. The highest BCUT2D eigenvalue weighted by Gasteiger charge is 2.12. The molecule has 5 heteroatoms. The van der Waals surface area contributed by atoms with Crippen LogP contribution in [0.25, 0.3) is 0 Å². The number of rotatable bonds is 5. The largest absolute Gasteiger partial charge is 0.469 e. The van der Waals surface area contributed by atoms with E-state index in [2.05, 4.69) is 4.74 Å². The fourth-order valence-electron chi connectivity index (χ4n) is 1.25. The molecule has 1 aromatic rings. The Labute approximate surface area is 116 Å². The second-order valence-electron chi connectivity index (χ2n) is 3.69. The number of hydrogen-bond acceptors (Lipinski definition) is 3. The molecule has 1 aromatic carbocycles. The van der Waals surface area contributed by atoms with E-state index in [0.717, 1.165) is 17.1 Å². The Hall–Kier alpha value is -0.380. The summed E-state index contributed by atoms with van der Waals surface area (Å²) in [5, 5.41) is 1.12. The zero-order chi connectivity index (χ0) is 12.8. The molecule has 0 N–H and O–H groups in total. The topological polar surface area (TPSA) is 26.3 Å². The first-order chi connectivity index (χ1) is 8.04. The molecule has 0 bridgehead atoms. The molecular formula is C12H14Cl2O2S. The molecule has 1 unspecified atom stereocenters. The summed E-state index contributed by atoms with van der Waals surface area (Å²) in [4.78, 5) is 11.2. The second-order valence-corrected chi connectivity index (χ2v) is 5.53. The quantitative estimate of drug-likeness (QED) is 0.767. The van der Waals surface area contributed by atoms with E-state index in [0.29, 0.717) is 10.0 Å². The van der Waals surface area contributed by atoms with Crippen molar-refractivity contribution in [2.75, 3.05) is 12.9 Å². The molecular weight excluding hydrogens is 279 g/mol. The van der Waals surface area contributed by atoms with Crippen molar-refractivity contribution in [3.05, 3.63) is 33.8 Å². The number of ether oxygens (including phenoxy) is 1. The highest BCUT2D eigenvalue weighted by atomic mass is 35.5. The Bertz CT molecular complexity index is 396. The molecule has 0 aliphatic heterocycles. The molecule has 2 nitrogen and oxygen atoms in total. The third-order valence-corrected chi connectivity index (χ3v) is 4.24. The van der Waals surface area contributed by atoms with Gasteiger partial charge in [-0.3, -0.25) is 4.79 Å². The third kappa shape index (κ3) is 4.78. The summed E-state index contributed by atoms with van der Waals surface area (Å²) in [5.41, 5.74) is 1.10. The highest BCUT2D eigenvalue weighted by Crippen LogP contribution is 2.25. The van der Waals surface area contributed by atoms with E-state index in [1.165, 1.54) is 7.11 Å². The number of benzene rings is 1. The van der Waals surface area contributed by atoms with Crippen LogP contribution in [0.1, 0.15) is 12.5 Å². The van der Waals surface area contributed by atoms with Crippen molar-refractivity contribution >= 4 is 40.9 Å². The zero-order valence-corrected chi connectivity index (χ0v) is 12.0. The summed E-state index contributed by atoms with van der Waals surface area (Å²) in [5.74, 6) is 1.27. The van der Waals surface area contributed by atoms with Crippen LogP contribution in [0, 0.1) is 5.92 Å². The van der Waals surface area contributed by atoms with Crippen molar-refractivity contribution in [2.24, 2.45) is 5.92 Å². The third-order valence-electron chi connectivity index (χ3n) is 2.22. The summed E-state index contributed by atoms with van der Waals surface area (Å²) < 4.78 is 4.66. The molecule has 1 rings (SSSR count). The second kappa shape index (κ2) is 7.14. The highest BCUT2D eigenvalue weighted by molar-refractivity contribution is 7.98. The average Bonchev–Trinajstić information content (AvgIpc) is 2.32. The van der Waals surface area contributed by atoms with Gasteiger partial charge in [-0.05, 0) is 17.7 Å². The molecule has 0 spiro atoms. The molecule has 0 aliphatic rings. The summed E-state index contributed by atoms with van der Waals surface area (Å²) in [6, 6.07) is 5.56. The molecule has 17 heavy (non-hydrogen) atoms. The van der Waals surface area contributed by atoms with E-state index in [4.69, 9.17) is 23.2 Å². The van der Waals surface area contributed by atoms with Gasteiger partial charge in [-0.1, -0.05) is 36.2 Å². The first-order valence-corrected chi connectivity index (χ1v) is 7.05. The smallest absolute Gasteiger partial charge is 0.309 e. The van der Waals surface area contributed by atoms with E-state index in [-0.39, 0.29) is 11.9 Å². The lowest BCUT2D eigenvalue weighted by molar-refractivity contribution is -0.143. The summed E-state index contributed by atoms with van der Waals surface area (Å²) in [7, 11) is 1.41. The van der Waals surface area contributed by atoms with Crippen LogP contribution >= 0.6 is 35.0 Å². The molecule has 0 amide bonds. The predicted octanol–water partition coefficient (Wildman–Crippen LogP) is 4.04. The summed E-state index contributed by atoms with van der Waals surface area (Å²) >= 11 is 13.4. The van der Waals surface area contributed by atoms with Crippen molar-refractivity contribution in [3.63, 3.8) is 0 Å². The van der Waals surface area contributed by atoms with Crippen molar-refractivity contribution in [3.8, 4) is 0 Å². The zero-order valence-electron chi connectivity index (χ0n) is 9.70. The first kappa shape index (κ1) is 14.7. The van der Waals surface area contributed by atoms with Crippen LogP contribution in [0.4, 0.5) is 0 Å². The SMILES string of the molecule is COC(=O)C(C)CSCc1ccc(Cl)c(Cl)c1. The van der Waals surface area contributed by atoms with Crippen LogP contribution in [0.3, 0.4) is 0 Å². The predicted molar refractivity (Wildman–Crippen MR) is 73.8 cm³/mol. The monoisotopic (exact) mass is 292 g/mol. The van der Waals surface area contributed by atoms with Gasteiger partial charge in [-0.25, -0.2) is 0 Å². The van der Waals surface area contributed by atoms with Crippen LogP contribution in [0.2, 0.25) is 10.0 Å². The maximum atomic E-state index is 11.2. The van der Waals surface area contributed by atoms with Gasteiger partial charge in [0.15, 0.2) is 0 Å². The van der Waals surface area contributed by atoms with Gasteiger partial charge in [0.25, 0.3) is 0 Å². The number of thioether (sulfide) groups is 1. The van der Waals surface area contributed by atoms with Gasteiger partial charge in [0.05, 0.1) is 23.1 Å². The molecule has 0 saturated carbocycles. The Kier molecular flexibility index (Phi) is 6.17. The fourth-order valence-corrected chi connectivity index (χ4v) is 2.60. The van der Waals surface area contributed by atoms with E-state index in [1.54, 1.807) is 17.8 Å². The minimum atomic E-state index is -0.174. The molecule has 0 aromatic heterocycles. The van der Waals surface area contributed by atoms with Crippen LogP contribution in [-0.4, -0.2) is 18.8 Å². The maximum Gasteiger partial charge on any atom is 0.309 e. The van der Waals surface area contributed by atoms with Crippen molar-refractivity contribution in [1.29, 1.82) is 0 Å². The van der Waals surface area contributed by atoms with E-state index < -0.39 is 0 Å². The van der Waals surface area contributed by atoms with E-state index >= 15 is 0 Å². The van der Waals surface area contributed by atoms with Gasteiger partial charge in [0.2, 0.25) is 0 Å². The van der Waals surface area contributed by atoms with Gasteiger partial charge >= 0.3 is 5.97 Å². The Morgan fingerprint density at radius 1 is 1.41 bits per heavy atom. The fraction of sp³-hybridized carbons (Fsp3) is 0.417. The minimum Gasteiger partial charge on any atom is -0.469 e. The van der Waals surface area contributed by atoms with Crippen molar-refractivity contribution < 1.29 is 9.53 Å². The lowest BCUT2D eigenvalue weighted by Gasteiger charge is -2.08. The number of halogens is 2. The normalized spacial score (nSPS) is 12.2. The summed E-state index contributed by atoms with van der Waals surface area (Å²) in [6.07, 6.45) is 0. The number of carbonyl (C=O) groups is 1. The minimum absolute atomic E-state index is 0.0900. The Morgan fingerprint density at radius 2 is 2.12 bits per heavy atom. The van der Waals surface area contributed by atoms with Gasteiger partial charge in [-0.2, -0.15) is 11.8 Å². The lowest BCUT2D eigenvalue weighted by atomic mass is 10.2. The average molecular weight is 293 g/mol. The standard InChI is InChI=1S/C12H14Cl2O2S/c1-8(12(15)16-2)6-17-7-9-3-4-10(13)11(14)5-9/h3-5,8H,6-7H2,1-2H3. The van der Waals surface area contributed by atoms with Gasteiger partial charge in [0, 0.05) is 11.5 Å². The van der Waals surface area contributed by atoms with E-state index in [9.17, 15) is 4.79 Å². The molecule has 0 heterocycles. The number of methoxy groups -OCH3 is 1. The lowest BCUT2D eigenvalue weighted by Crippen LogP contribution is -2.14. The molecule has 1 atom stereocenters. The Balaban J connectivity index is 2.40.